The molecule has 2 aromatic rings. The Morgan fingerprint density at radius 1 is 1.08 bits per heavy atom. The van der Waals surface area contributed by atoms with Gasteiger partial charge in [0.1, 0.15) is 0 Å². The zero-order chi connectivity index (χ0) is 17.6. The molecule has 2 N–H and O–H groups in total. The summed E-state index contributed by atoms with van der Waals surface area (Å²) >= 11 is 0. The van der Waals surface area contributed by atoms with Gasteiger partial charge in [0.2, 0.25) is 5.91 Å². The fraction of sp³-hybridized carbons (Fsp3) is 0.333. The summed E-state index contributed by atoms with van der Waals surface area (Å²) in [5, 5.41) is 12.1. The molecule has 4 heteroatoms. The van der Waals surface area contributed by atoms with Gasteiger partial charge in [0.15, 0.2) is 0 Å². The molecular formula is C21H23NO3. The van der Waals surface area contributed by atoms with Crippen molar-refractivity contribution in [2.75, 3.05) is 0 Å². The summed E-state index contributed by atoms with van der Waals surface area (Å²) in [6.45, 7) is 0. The highest BCUT2D eigenvalue weighted by atomic mass is 16.4. The quantitative estimate of drug-likeness (QED) is 0.842. The van der Waals surface area contributed by atoms with Gasteiger partial charge in [0, 0.05) is 6.42 Å². The summed E-state index contributed by atoms with van der Waals surface area (Å²) in [7, 11) is 0. The van der Waals surface area contributed by atoms with Gasteiger partial charge in [-0.15, -0.1) is 0 Å². The normalized spacial score (nSPS) is 17.4. The molecule has 0 fully saturated rings. The number of hydrogen-bond donors (Lipinski definition) is 2. The monoisotopic (exact) mass is 337 g/mol. The molecular weight excluding hydrogens is 314 g/mol. The Hall–Kier alpha value is -2.62. The summed E-state index contributed by atoms with van der Waals surface area (Å²) in [5.74, 6) is -0.792. The van der Waals surface area contributed by atoms with Gasteiger partial charge in [-0.2, -0.15) is 0 Å². The van der Waals surface area contributed by atoms with E-state index in [4.69, 9.17) is 5.11 Å². The van der Waals surface area contributed by atoms with E-state index in [0.717, 1.165) is 24.8 Å². The molecule has 1 amide bonds. The maximum Gasteiger partial charge on any atom is 0.305 e. The number of carboxylic acids is 1. The van der Waals surface area contributed by atoms with E-state index in [-0.39, 0.29) is 18.2 Å². The number of carboxylic acid groups (broad SMARTS) is 1. The van der Waals surface area contributed by atoms with E-state index in [1.54, 1.807) is 0 Å². The van der Waals surface area contributed by atoms with Gasteiger partial charge in [-0.25, -0.2) is 0 Å². The van der Waals surface area contributed by atoms with Crippen molar-refractivity contribution in [1.29, 1.82) is 0 Å². The van der Waals surface area contributed by atoms with Crippen molar-refractivity contribution >= 4 is 11.9 Å². The third-order valence-electron chi connectivity index (χ3n) is 4.84. The molecule has 0 bridgehead atoms. The highest BCUT2D eigenvalue weighted by molar-refractivity contribution is 5.78. The van der Waals surface area contributed by atoms with Crippen LogP contribution in [-0.4, -0.2) is 17.0 Å². The van der Waals surface area contributed by atoms with Crippen molar-refractivity contribution in [3.63, 3.8) is 0 Å². The Bertz CT molecular complexity index is 742. The zero-order valence-corrected chi connectivity index (χ0v) is 14.2. The molecule has 0 aromatic heterocycles. The number of carbonyl (C=O) groups is 2. The van der Waals surface area contributed by atoms with Gasteiger partial charge < -0.3 is 10.4 Å². The zero-order valence-electron chi connectivity index (χ0n) is 14.2. The van der Waals surface area contributed by atoms with Gasteiger partial charge in [-0.05, 0) is 41.9 Å². The highest BCUT2D eigenvalue weighted by Crippen LogP contribution is 2.34. The van der Waals surface area contributed by atoms with E-state index in [0.29, 0.717) is 6.42 Å². The summed E-state index contributed by atoms with van der Waals surface area (Å²) in [4.78, 5) is 23.7. The maximum atomic E-state index is 12.6. The van der Waals surface area contributed by atoms with Crippen LogP contribution >= 0.6 is 0 Å². The Labute approximate surface area is 147 Å². The standard InChI is InChI=1S/C21H23NO3/c23-20(13-17-11-6-10-15-7-4-5-12-18(15)17)22-19(14-21(24)25)16-8-2-1-3-9-16/h1-5,7-9,12,17,19H,6,10-11,13-14H2,(H,22,23)(H,24,25). The molecule has 0 spiro atoms. The minimum absolute atomic E-state index is 0.0863. The second kappa shape index (κ2) is 7.97. The molecule has 0 saturated carbocycles. The number of aryl methyl sites for hydroxylation is 1. The minimum Gasteiger partial charge on any atom is -0.481 e. The number of benzene rings is 2. The molecule has 3 rings (SSSR count). The van der Waals surface area contributed by atoms with Crippen LogP contribution in [0.1, 0.15) is 54.3 Å². The fourth-order valence-electron chi connectivity index (χ4n) is 3.66. The first-order valence-corrected chi connectivity index (χ1v) is 8.77. The van der Waals surface area contributed by atoms with Gasteiger partial charge >= 0.3 is 5.97 Å². The molecule has 0 heterocycles. The average molecular weight is 337 g/mol. The van der Waals surface area contributed by atoms with E-state index in [9.17, 15) is 9.59 Å². The molecule has 130 valence electrons. The Balaban J connectivity index is 1.69. The molecule has 4 nitrogen and oxygen atoms in total. The van der Waals surface area contributed by atoms with Crippen LogP contribution in [0.5, 0.6) is 0 Å². The number of amides is 1. The van der Waals surface area contributed by atoms with E-state index in [1.807, 2.05) is 42.5 Å². The lowest BCUT2D eigenvalue weighted by Crippen LogP contribution is -2.31. The maximum absolute atomic E-state index is 12.6. The first kappa shape index (κ1) is 17.2. The molecule has 0 radical (unpaired) electrons. The smallest absolute Gasteiger partial charge is 0.305 e. The van der Waals surface area contributed by atoms with Crippen LogP contribution in [-0.2, 0) is 16.0 Å². The third-order valence-corrected chi connectivity index (χ3v) is 4.84. The van der Waals surface area contributed by atoms with Crippen molar-refractivity contribution in [2.24, 2.45) is 0 Å². The Morgan fingerprint density at radius 3 is 2.56 bits per heavy atom. The summed E-state index contributed by atoms with van der Waals surface area (Å²) in [6.07, 6.45) is 3.45. The number of nitrogens with one attached hydrogen (secondary N) is 1. The fourth-order valence-corrected chi connectivity index (χ4v) is 3.66. The van der Waals surface area contributed by atoms with Gasteiger partial charge in [-0.3, -0.25) is 9.59 Å². The summed E-state index contributed by atoms with van der Waals surface area (Å²) in [5.41, 5.74) is 3.41. The van der Waals surface area contributed by atoms with Crippen LogP contribution in [0.2, 0.25) is 0 Å². The molecule has 1 aliphatic carbocycles. The largest absolute Gasteiger partial charge is 0.481 e. The third kappa shape index (κ3) is 4.47. The summed E-state index contributed by atoms with van der Waals surface area (Å²) < 4.78 is 0. The van der Waals surface area contributed by atoms with Crippen molar-refractivity contribution < 1.29 is 14.7 Å². The molecule has 25 heavy (non-hydrogen) atoms. The van der Waals surface area contributed by atoms with Crippen molar-refractivity contribution in [2.45, 2.75) is 44.1 Å². The molecule has 0 aliphatic heterocycles. The number of carbonyl (C=O) groups excluding carboxylic acids is 1. The van der Waals surface area contributed by atoms with Gasteiger partial charge in [-0.1, -0.05) is 54.6 Å². The molecule has 2 aromatic carbocycles. The average Bonchev–Trinajstić information content (AvgIpc) is 2.62. The van der Waals surface area contributed by atoms with Crippen molar-refractivity contribution in [3.8, 4) is 0 Å². The second-order valence-corrected chi connectivity index (χ2v) is 6.62. The lowest BCUT2D eigenvalue weighted by Gasteiger charge is -2.26. The van der Waals surface area contributed by atoms with Gasteiger partial charge in [0.05, 0.1) is 12.5 Å². The lowest BCUT2D eigenvalue weighted by molar-refractivity contribution is -0.137. The summed E-state index contributed by atoms with van der Waals surface area (Å²) in [6, 6.07) is 17.1. The first-order chi connectivity index (χ1) is 12.1. The number of aliphatic carboxylic acids is 1. The number of hydrogen-bond acceptors (Lipinski definition) is 2. The van der Waals surface area contributed by atoms with E-state index in [2.05, 4.69) is 17.4 Å². The van der Waals surface area contributed by atoms with Crippen LogP contribution < -0.4 is 5.32 Å². The highest BCUT2D eigenvalue weighted by Gasteiger charge is 2.24. The molecule has 2 atom stereocenters. The topological polar surface area (TPSA) is 66.4 Å². The Morgan fingerprint density at radius 2 is 1.80 bits per heavy atom. The van der Waals surface area contributed by atoms with Crippen LogP contribution in [0.4, 0.5) is 0 Å². The van der Waals surface area contributed by atoms with Crippen LogP contribution in [0.15, 0.2) is 54.6 Å². The van der Waals surface area contributed by atoms with E-state index < -0.39 is 12.0 Å². The molecule has 2 unspecified atom stereocenters. The lowest BCUT2D eigenvalue weighted by atomic mass is 9.81. The van der Waals surface area contributed by atoms with E-state index >= 15 is 0 Å². The van der Waals surface area contributed by atoms with Gasteiger partial charge in [0.25, 0.3) is 0 Å². The predicted octanol–water partition coefficient (Wildman–Crippen LogP) is 3.83. The number of fused-ring (bicyclic) bond motifs is 1. The van der Waals surface area contributed by atoms with Crippen LogP contribution in [0.25, 0.3) is 0 Å². The van der Waals surface area contributed by atoms with Crippen LogP contribution in [0, 0.1) is 0 Å². The first-order valence-electron chi connectivity index (χ1n) is 8.77. The van der Waals surface area contributed by atoms with Crippen molar-refractivity contribution in [3.05, 3.63) is 71.3 Å². The number of rotatable bonds is 6. The molecule has 0 saturated heterocycles. The van der Waals surface area contributed by atoms with Crippen molar-refractivity contribution in [1.82, 2.24) is 5.32 Å². The predicted molar refractivity (Wildman–Crippen MR) is 96.3 cm³/mol. The second-order valence-electron chi connectivity index (χ2n) is 6.62. The minimum atomic E-state index is -0.919. The Kier molecular flexibility index (Phi) is 5.49. The van der Waals surface area contributed by atoms with Crippen LogP contribution in [0.3, 0.4) is 0 Å². The SMILES string of the molecule is O=C(O)CC(NC(=O)CC1CCCc2ccccc21)c1ccccc1. The molecule has 1 aliphatic rings. The van der Waals surface area contributed by atoms with E-state index in [1.165, 1.54) is 11.1 Å².